The van der Waals surface area contributed by atoms with Gasteiger partial charge in [-0.15, -0.1) is 0 Å². The van der Waals surface area contributed by atoms with Gasteiger partial charge < -0.3 is 9.97 Å². The van der Waals surface area contributed by atoms with Crippen LogP contribution in [0.15, 0.2) is 24.5 Å². The lowest BCUT2D eigenvalue weighted by molar-refractivity contribution is 0.631. The maximum absolute atomic E-state index is 3.48. The van der Waals surface area contributed by atoms with Crippen LogP contribution in [0, 0.1) is 0 Å². The number of unbranched alkanes of at least 4 members (excludes halogenated alkanes) is 8. The highest BCUT2D eigenvalue weighted by Crippen LogP contribution is 2.27. The molecule has 0 atom stereocenters. The van der Waals surface area contributed by atoms with Crippen molar-refractivity contribution in [3.8, 4) is 11.4 Å². The average molecular weight is 329 g/mol. The summed E-state index contributed by atoms with van der Waals surface area (Å²) in [6.07, 6.45) is 20.0. The van der Waals surface area contributed by atoms with Gasteiger partial charge in [0.05, 0.1) is 11.4 Å². The molecule has 0 aliphatic heterocycles. The van der Waals surface area contributed by atoms with Gasteiger partial charge in [-0.2, -0.15) is 0 Å². The van der Waals surface area contributed by atoms with Gasteiger partial charge in [-0.05, 0) is 48.9 Å². The van der Waals surface area contributed by atoms with Gasteiger partial charge in [0.25, 0.3) is 0 Å². The van der Waals surface area contributed by atoms with Crippen molar-refractivity contribution in [2.75, 3.05) is 0 Å². The lowest BCUT2D eigenvalue weighted by atomic mass is 10.0. The fourth-order valence-electron chi connectivity index (χ4n) is 3.52. The molecule has 2 heteroatoms. The number of aromatic nitrogens is 2. The topological polar surface area (TPSA) is 31.6 Å². The van der Waals surface area contributed by atoms with Crippen molar-refractivity contribution >= 4 is 0 Å². The van der Waals surface area contributed by atoms with Crippen LogP contribution in [0.2, 0.25) is 0 Å². The number of rotatable bonds is 13. The van der Waals surface area contributed by atoms with Crippen LogP contribution in [0.5, 0.6) is 0 Å². The molecule has 0 unspecified atom stereocenters. The highest BCUT2D eigenvalue weighted by molar-refractivity contribution is 5.63. The summed E-state index contributed by atoms with van der Waals surface area (Å²) in [5.41, 5.74) is 5.58. The Balaban J connectivity index is 1.88. The van der Waals surface area contributed by atoms with Crippen LogP contribution in [0.4, 0.5) is 0 Å². The molecule has 0 fully saturated rings. The minimum absolute atomic E-state index is 1.19. The molecule has 0 aliphatic rings. The van der Waals surface area contributed by atoms with Crippen molar-refractivity contribution in [3.63, 3.8) is 0 Å². The number of aromatic amines is 2. The summed E-state index contributed by atoms with van der Waals surface area (Å²) >= 11 is 0. The fraction of sp³-hybridized carbons (Fsp3) is 0.636. The van der Waals surface area contributed by atoms with E-state index >= 15 is 0 Å². The Kier molecular flexibility index (Phi) is 8.80. The standard InChI is InChI=1S/C22H36N2/c1-3-5-7-9-11-13-19-15-17-23-21(19)22-20(16-18-24-22)14-12-10-8-6-4-2/h15-18,23-24H,3-14H2,1-2H3. The summed E-state index contributed by atoms with van der Waals surface area (Å²) in [7, 11) is 0. The summed E-state index contributed by atoms with van der Waals surface area (Å²) in [5.74, 6) is 0. The van der Waals surface area contributed by atoms with Crippen LogP contribution in [0.1, 0.15) is 89.2 Å². The Labute approximate surface area is 148 Å². The van der Waals surface area contributed by atoms with Crippen molar-refractivity contribution in [1.29, 1.82) is 0 Å². The molecule has 2 heterocycles. The van der Waals surface area contributed by atoms with Gasteiger partial charge in [0.2, 0.25) is 0 Å². The minimum atomic E-state index is 1.19. The quantitative estimate of drug-likeness (QED) is 0.370. The van der Waals surface area contributed by atoms with E-state index in [1.165, 1.54) is 99.6 Å². The van der Waals surface area contributed by atoms with Gasteiger partial charge in [0.1, 0.15) is 0 Å². The molecule has 0 spiro atoms. The first-order chi connectivity index (χ1) is 11.9. The van der Waals surface area contributed by atoms with Crippen LogP contribution in [-0.4, -0.2) is 9.97 Å². The van der Waals surface area contributed by atoms with E-state index < -0.39 is 0 Å². The second kappa shape index (κ2) is 11.2. The zero-order valence-corrected chi connectivity index (χ0v) is 15.8. The number of H-pyrrole nitrogens is 2. The molecule has 0 radical (unpaired) electrons. The molecule has 24 heavy (non-hydrogen) atoms. The second-order valence-electron chi connectivity index (χ2n) is 7.08. The Morgan fingerprint density at radius 2 is 1.00 bits per heavy atom. The van der Waals surface area contributed by atoms with Crippen LogP contribution >= 0.6 is 0 Å². The Bertz CT molecular complexity index is 500. The van der Waals surface area contributed by atoms with Crippen LogP contribution in [0.3, 0.4) is 0 Å². The number of aryl methyl sites for hydroxylation is 2. The van der Waals surface area contributed by atoms with Crippen LogP contribution < -0.4 is 0 Å². The molecule has 0 aliphatic carbocycles. The van der Waals surface area contributed by atoms with Gasteiger partial charge in [0.15, 0.2) is 0 Å². The molecule has 0 bridgehead atoms. The third-order valence-corrected chi connectivity index (χ3v) is 5.02. The normalized spacial score (nSPS) is 11.2. The summed E-state index contributed by atoms with van der Waals surface area (Å²) in [4.78, 5) is 6.96. The monoisotopic (exact) mass is 328 g/mol. The minimum Gasteiger partial charge on any atom is -0.360 e. The lowest BCUT2D eigenvalue weighted by Crippen LogP contribution is -1.93. The summed E-state index contributed by atoms with van der Waals surface area (Å²) < 4.78 is 0. The van der Waals surface area contributed by atoms with E-state index in [1.54, 1.807) is 0 Å². The molecule has 2 rings (SSSR count). The van der Waals surface area contributed by atoms with E-state index in [1.807, 2.05) is 0 Å². The van der Waals surface area contributed by atoms with E-state index in [0.29, 0.717) is 0 Å². The smallest absolute Gasteiger partial charge is 0.0654 e. The predicted octanol–water partition coefficient (Wildman–Crippen LogP) is 7.04. The summed E-state index contributed by atoms with van der Waals surface area (Å²) in [6.45, 7) is 4.55. The van der Waals surface area contributed by atoms with E-state index in [9.17, 15) is 0 Å². The number of hydrogen-bond donors (Lipinski definition) is 2. The Morgan fingerprint density at radius 3 is 1.42 bits per heavy atom. The van der Waals surface area contributed by atoms with E-state index in [0.717, 1.165) is 0 Å². The summed E-state index contributed by atoms with van der Waals surface area (Å²) in [6, 6.07) is 4.53. The van der Waals surface area contributed by atoms with Gasteiger partial charge in [0, 0.05) is 12.4 Å². The van der Waals surface area contributed by atoms with E-state index in [4.69, 9.17) is 0 Å². The van der Waals surface area contributed by atoms with E-state index in [2.05, 4.69) is 48.3 Å². The average Bonchev–Trinajstić information content (AvgIpc) is 3.23. The molecular weight excluding hydrogens is 292 g/mol. The zero-order chi connectivity index (χ0) is 17.0. The van der Waals surface area contributed by atoms with Gasteiger partial charge in [-0.1, -0.05) is 65.2 Å². The third kappa shape index (κ3) is 5.89. The lowest BCUT2D eigenvalue weighted by Gasteiger charge is -2.07. The third-order valence-electron chi connectivity index (χ3n) is 5.02. The van der Waals surface area contributed by atoms with E-state index in [-0.39, 0.29) is 0 Å². The first kappa shape index (κ1) is 18.9. The first-order valence-corrected chi connectivity index (χ1v) is 10.2. The molecule has 2 aromatic heterocycles. The molecule has 0 amide bonds. The molecule has 134 valence electrons. The second-order valence-corrected chi connectivity index (χ2v) is 7.08. The fourth-order valence-corrected chi connectivity index (χ4v) is 3.52. The number of nitrogens with one attached hydrogen (secondary N) is 2. The van der Waals surface area contributed by atoms with Crippen LogP contribution in [0.25, 0.3) is 11.4 Å². The molecule has 2 nitrogen and oxygen atoms in total. The Morgan fingerprint density at radius 1 is 0.583 bits per heavy atom. The highest BCUT2D eigenvalue weighted by Gasteiger charge is 2.11. The van der Waals surface area contributed by atoms with Crippen LogP contribution in [-0.2, 0) is 12.8 Å². The first-order valence-electron chi connectivity index (χ1n) is 10.2. The van der Waals surface area contributed by atoms with Crippen molar-refractivity contribution in [3.05, 3.63) is 35.7 Å². The van der Waals surface area contributed by atoms with Crippen molar-refractivity contribution in [2.45, 2.75) is 90.9 Å². The largest absolute Gasteiger partial charge is 0.360 e. The highest BCUT2D eigenvalue weighted by atomic mass is 14.8. The summed E-state index contributed by atoms with van der Waals surface area (Å²) in [5, 5.41) is 0. The zero-order valence-electron chi connectivity index (χ0n) is 15.8. The predicted molar refractivity (Wildman–Crippen MR) is 106 cm³/mol. The van der Waals surface area contributed by atoms with Gasteiger partial charge in [-0.25, -0.2) is 0 Å². The van der Waals surface area contributed by atoms with Crippen molar-refractivity contribution in [1.82, 2.24) is 9.97 Å². The van der Waals surface area contributed by atoms with Gasteiger partial charge >= 0.3 is 0 Å². The Hall–Kier alpha value is -1.44. The van der Waals surface area contributed by atoms with Crippen molar-refractivity contribution < 1.29 is 0 Å². The molecule has 2 aromatic rings. The van der Waals surface area contributed by atoms with Crippen molar-refractivity contribution in [2.24, 2.45) is 0 Å². The maximum Gasteiger partial charge on any atom is 0.0654 e. The SMILES string of the molecule is CCCCCCCc1cc[nH]c1-c1[nH]ccc1CCCCCCC. The molecule has 0 saturated carbocycles. The number of hydrogen-bond acceptors (Lipinski definition) is 0. The molecule has 0 aromatic carbocycles. The van der Waals surface area contributed by atoms with Gasteiger partial charge in [-0.3, -0.25) is 0 Å². The molecule has 0 saturated heterocycles. The maximum atomic E-state index is 3.48. The molecular formula is C22H36N2. The molecule has 2 N–H and O–H groups in total.